The van der Waals surface area contributed by atoms with E-state index in [1.807, 2.05) is 36.4 Å². The molecule has 1 aliphatic heterocycles. The normalized spacial score (nSPS) is 13.7. The number of carbonyl (C=O) groups excluding carboxylic acids is 1. The number of hydrogen-bond acceptors (Lipinski definition) is 3. The molecule has 1 fully saturated rings. The third-order valence-corrected chi connectivity index (χ3v) is 7.52. The molecule has 4 aromatic rings. The molecule has 0 unspecified atom stereocenters. The molecule has 0 saturated carbocycles. The molecule has 1 amide bonds. The van der Waals surface area contributed by atoms with Gasteiger partial charge in [-0.25, -0.2) is 0 Å². The van der Waals surface area contributed by atoms with Crippen molar-refractivity contribution in [1.29, 1.82) is 0 Å². The number of amides is 1. The monoisotopic (exact) mass is 557 g/mol. The second kappa shape index (κ2) is 13.3. The Kier molecular flexibility index (Phi) is 10.5. The van der Waals surface area contributed by atoms with E-state index in [9.17, 15) is 4.79 Å². The van der Waals surface area contributed by atoms with E-state index in [0.29, 0.717) is 6.54 Å². The highest BCUT2D eigenvalue weighted by Gasteiger charge is 2.18. The molecule has 1 aliphatic rings. The number of fused-ring (bicyclic) bond motifs is 2. The Morgan fingerprint density at radius 1 is 0.811 bits per heavy atom. The van der Waals surface area contributed by atoms with E-state index in [1.165, 1.54) is 16.5 Å². The second-order valence-corrected chi connectivity index (χ2v) is 9.84. The van der Waals surface area contributed by atoms with Gasteiger partial charge < -0.3 is 10.2 Å². The molecule has 0 aliphatic carbocycles. The number of nitrogens with one attached hydrogen (secondary N) is 1. The Bertz CT molecular complexity index is 1350. The summed E-state index contributed by atoms with van der Waals surface area (Å²) in [5, 5.41) is 8.61. The number of benzene rings is 4. The zero-order valence-electron chi connectivity index (χ0n) is 21.1. The fraction of sp³-hybridized carbons (Fsp3) is 0.300. The van der Waals surface area contributed by atoms with Crippen LogP contribution in [0.15, 0.2) is 72.8 Å². The van der Waals surface area contributed by atoms with Crippen LogP contribution >= 0.6 is 36.4 Å². The number of unbranched alkanes of at least 4 members (excludes halogenated alkanes) is 1. The second-order valence-electron chi connectivity index (χ2n) is 9.44. The molecule has 7 heteroatoms. The van der Waals surface area contributed by atoms with E-state index in [1.54, 1.807) is 0 Å². The number of halogens is 3. The Labute approximate surface area is 236 Å². The van der Waals surface area contributed by atoms with Crippen LogP contribution < -0.4 is 10.2 Å². The van der Waals surface area contributed by atoms with Gasteiger partial charge in [0.25, 0.3) is 5.91 Å². The highest BCUT2D eigenvalue weighted by atomic mass is 35.5. The fourth-order valence-corrected chi connectivity index (χ4v) is 5.17. The summed E-state index contributed by atoms with van der Waals surface area (Å²) in [5.41, 5.74) is 3.14. The SMILES string of the molecule is Cc1c(Cl)cccc1N1CCN(CCCCNC(=O)c2ccc3cc4ccccc4cc3c2)CC1.Cl.Cl. The van der Waals surface area contributed by atoms with Gasteiger partial charge in [0.2, 0.25) is 0 Å². The van der Waals surface area contributed by atoms with Crippen molar-refractivity contribution in [3.8, 4) is 0 Å². The highest BCUT2D eigenvalue weighted by molar-refractivity contribution is 6.31. The summed E-state index contributed by atoms with van der Waals surface area (Å²) in [6.07, 6.45) is 2.07. The smallest absolute Gasteiger partial charge is 0.251 e. The lowest BCUT2D eigenvalue weighted by Gasteiger charge is -2.37. The van der Waals surface area contributed by atoms with Gasteiger partial charge >= 0.3 is 0 Å². The fourth-order valence-electron chi connectivity index (χ4n) is 5.00. The molecular formula is C30H34Cl3N3O. The van der Waals surface area contributed by atoms with Crippen molar-refractivity contribution in [2.24, 2.45) is 0 Å². The summed E-state index contributed by atoms with van der Waals surface area (Å²) in [4.78, 5) is 17.7. The third-order valence-electron chi connectivity index (χ3n) is 7.11. The van der Waals surface area contributed by atoms with Gasteiger partial charge in [-0.3, -0.25) is 9.69 Å². The summed E-state index contributed by atoms with van der Waals surface area (Å²) >= 11 is 6.30. The first-order valence-electron chi connectivity index (χ1n) is 12.5. The van der Waals surface area contributed by atoms with Crippen molar-refractivity contribution in [3.05, 3.63) is 88.9 Å². The lowest BCUT2D eigenvalue weighted by Crippen LogP contribution is -2.46. The van der Waals surface area contributed by atoms with Crippen molar-refractivity contribution in [1.82, 2.24) is 10.2 Å². The third kappa shape index (κ3) is 6.88. The van der Waals surface area contributed by atoms with Crippen LogP contribution in [-0.2, 0) is 0 Å². The molecule has 4 aromatic carbocycles. The molecule has 0 aromatic heterocycles. The van der Waals surface area contributed by atoms with Gasteiger partial charge in [-0.2, -0.15) is 0 Å². The van der Waals surface area contributed by atoms with E-state index >= 15 is 0 Å². The minimum absolute atomic E-state index is 0. The molecular weight excluding hydrogens is 525 g/mol. The highest BCUT2D eigenvalue weighted by Crippen LogP contribution is 2.27. The van der Waals surface area contributed by atoms with Gasteiger partial charge in [0, 0.05) is 49.0 Å². The van der Waals surface area contributed by atoms with Gasteiger partial charge in [-0.1, -0.05) is 48.0 Å². The van der Waals surface area contributed by atoms with Gasteiger partial charge in [0.1, 0.15) is 0 Å². The predicted octanol–water partition coefficient (Wildman–Crippen LogP) is 7.13. The van der Waals surface area contributed by atoms with Crippen molar-refractivity contribution in [3.63, 3.8) is 0 Å². The molecule has 1 heterocycles. The molecule has 5 rings (SSSR count). The van der Waals surface area contributed by atoms with Crippen LogP contribution in [0.3, 0.4) is 0 Å². The van der Waals surface area contributed by atoms with Crippen LogP contribution in [0.1, 0.15) is 28.8 Å². The maximum absolute atomic E-state index is 12.7. The largest absolute Gasteiger partial charge is 0.369 e. The van der Waals surface area contributed by atoms with Gasteiger partial charge in [0.15, 0.2) is 0 Å². The Balaban J connectivity index is 0.00000190. The summed E-state index contributed by atoms with van der Waals surface area (Å²) in [7, 11) is 0. The van der Waals surface area contributed by atoms with Gasteiger partial charge in [-0.15, -0.1) is 24.8 Å². The minimum Gasteiger partial charge on any atom is -0.369 e. The van der Waals surface area contributed by atoms with Crippen molar-refractivity contribution in [2.45, 2.75) is 19.8 Å². The number of piperazine rings is 1. The molecule has 196 valence electrons. The molecule has 1 saturated heterocycles. The van der Waals surface area contributed by atoms with Gasteiger partial charge in [0.05, 0.1) is 0 Å². The first-order chi connectivity index (χ1) is 17.1. The van der Waals surface area contributed by atoms with E-state index in [-0.39, 0.29) is 30.7 Å². The maximum Gasteiger partial charge on any atom is 0.251 e. The molecule has 0 spiro atoms. The maximum atomic E-state index is 12.7. The number of hydrogen-bond donors (Lipinski definition) is 1. The molecule has 0 radical (unpaired) electrons. The van der Waals surface area contributed by atoms with E-state index in [2.05, 4.69) is 58.4 Å². The quantitative estimate of drug-likeness (QED) is 0.194. The molecule has 4 nitrogen and oxygen atoms in total. The van der Waals surface area contributed by atoms with Crippen LogP contribution in [-0.4, -0.2) is 50.1 Å². The average Bonchev–Trinajstić information content (AvgIpc) is 2.89. The van der Waals surface area contributed by atoms with Crippen LogP contribution in [0.25, 0.3) is 21.5 Å². The topological polar surface area (TPSA) is 35.6 Å². The Morgan fingerprint density at radius 2 is 1.49 bits per heavy atom. The van der Waals surface area contributed by atoms with E-state index in [4.69, 9.17) is 11.6 Å². The van der Waals surface area contributed by atoms with Crippen LogP contribution in [0.5, 0.6) is 0 Å². The number of anilines is 1. The molecule has 1 N–H and O–H groups in total. The zero-order valence-corrected chi connectivity index (χ0v) is 23.5. The Morgan fingerprint density at radius 3 is 2.22 bits per heavy atom. The summed E-state index contributed by atoms with van der Waals surface area (Å²) in [6, 6.07) is 24.8. The summed E-state index contributed by atoms with van der Waals surface area (Å²) in [6.45, 7) is 8.04. The lowest BCUT2D eigenvalue weighted by molar-refractivity contribution is 0.0952. The van der Waals surface area contributed by atoms with Crippen LogP contribution in [0.2, 0.25) is 5.02 Å². The van der Waals surface area contributed by atoms with Crippen LogP contribution in [0.4, 0.5) is 5.69 Å². The first kappa shape index (κ1) is 29.1. The molecule has 0 atom stereocenters. The van der Waals surface area contributed by atoms with E-state index in [0.717, 1.165) is 72.5 Å². The lowest BCUT2D eigenvalue weighted by atomic mass is 10.0. The predicted molar refractivity (Wildman–Crippen MR) is 162 cm³/mol. The van der Waals surface area contributed by atoms with Crippen LogP contribution in [0, 0.1) is 6.92 Å². The van der Waals surface area contributed by atoms with Crippen molar-refractivity contribution < 1.29 is 4.79 Å². The van der Waals surface area contributed by atoms with Crippen molar-refractivity contribution >= 4 is 69.6 Å². The Hall–Kier alpha value is -2.50. The standard InChI is InChI=1S/C30H32ClN3O.2ClH/c1-22-28(31)9-6-10-29(22)34-17-15-33(16-18-34)14-5-4-13-32-30(35)26-12-11-25-19-23-7-2-3-8-24(23)20-27(25)21-26;;/h2-3,6-12,19-21H,4-5,13-18H2,1H3,(H,32,35);2*1H. The minimum atomic E-state index is 0. The average molecular weight is 559 g/mol. The van der Waals surface area contributed by atoms with E-state index < -0.39 is 0 Å². The first-order valence-corrected chi connectivity index (χ1v) is 12.9. The zero-order chi connectivity index (χ0) is 24.2. The molecule has 37 heavy (non-hydrogen) atoms. The van der Waals surface area contributed by atoms with Gasteiger partial charge in [-0.05, 0) is 89.8 Å². The summed E-state index contributed by atoms with van der Waals surface area (Å²) in [5.74, 6) is 0.00515. The number of rotatable bonds is 7. The number of carbonyl (C=O) groups is 1. The van der Waals surface area contributed by atoms with Crippen molar-refractivity contribution in [2.75, 3.05) is 44.2 Å². The number of nitrogens with zero attached hydrogens (tertiary/aromatic N) is 2. The summed E-state index contributed by atoms with van der Waals surface area (Å²) < 4.78 is 0. The molecule has 0 bridgehead atoms.